The van der Waals surface area contributed by atoms with Gasteiger partial charge in [0.2, 0.25) is 11.8 Å². The van der Waals surface area contributed by atoms with Crippen LogP contribution in [0.2, 0.25) is 0 Å². The minimum Gasteiger partial charge on any atom is -0.474 e. The molecule has 0 saturated heterocycles. The second kappa shape index (κ2) is 5.90. The fraction of sp³-hybridized carbons (Fsp3) is 0.688. The number of nitrogens with zero attached hydrogens (tertiary/aromatic N) is 1. The van der Waals surface area contributed by atoms with E-state index in [1.54, 1.807) is 6.07 Å². The number of hydrogen-bond donors (Lipinski definition) is 1. The second-order valence-electron chi connectivity index (χ2n) is 6.69. The van der Waals surface area contributed by atoms with Gasteiger partial charge in [-0.15, -0.1) is 0 Å². The Balaban J connectivity index is 1.99. The van der Waals surface area contributed by atoms with Crippen molar-refractivity contribution in [3.63, 3.8) is 0 Å². The molecule has 0 spiro atoms. The van der Waals surface area contributed by atoms with E-state index in [0.29, 0.717) is 22.9 Å². The molecule has 0 aliphatic heterocycles. The van der Waals surface area contributed by atoms with Crippen molar-refractivity contribution < 1.29 is 9.47 Å². The van der Waals surface area contributed by atoms with Crippen molar-refractivity contribution in [2.75, 3.05) is 5.73 Å². The van der Waals surface area contributed by atoms with Gasteiger partial charge in [-0.3, -0.25) is 0 Å². The molecule has 0 unspecified atom stereocenters. The van der Waals surface area contributed by atoms with E-state index in [-0.39, 0.29) is 12.2 Å². The summed E-state index contributed by atoms with van der Waals surface area (Å²) in [4.78, 5) is 4.37. The number of nitrogens with two attached hydrogens (primary N) is 1. The molecule has 20 heavy (non-hydrogen) atoms. The summed E-state index contributed by atoms with van der Waals surface area (Å²) in [7, 11) is 0. The number of ether oxygens (including phenoxy) is 2. The van der Waals surface area contributed by atoms with E-state index in [0.717, 1.165) is 12.8 Å². The number of nitrogen functional groups attached to an aromatic ring is 1. The molecule has 112 valence electrons. The third kappa shape index (κ3) is 4.02. The monoisotopic (exact) mass is 278 g/mol. The van der Waals surface area contributed by atoms with Crippen LogP contribution in [0.25, 0.3) is 0 Å². The molecule has 1 heterocycles. The van der Waals surface area contributed by atoms with E-state index in [9.17, 15) is 0 Å². The zero-order chi connectivity index (χ0) is 14.8. The van der Waals surface area contributed by atoms with Crippen LogP contribution in [0.4, 0.5) is 5.69 Å². The smallest absolute Gasteiger partial charge is 0.240 e. The predicted molar refractivity (Wildman–Crippen MR) is 81.1 cm³/mol. The van der Waals surface area contributed by atoms with Crippen LogP contribution < -0.4 is 15.2 Å². The van der Waals surface area contributed by atoms with Crippen LogP contribution in [0.5, 0.6) is 11.8 Å². The first-order valence-electron chi connectivity index (χ1n) is 7.45. The Kier molecular flexibility index (Phi) is 4.41. The molecule has 1 aromatic heterocycles. The van der Waals surface area contributed by atoms with Gasteiger partial charge in [0.25, 0.3) is 0 Å². The number of aromatic nitrogens is 1. The average Bonchev–Trinajstić information content (AvgIpc) is 2.35. The minimum absolute atomic E-state index is 0.0514. The fourth-order valence-corrected chi connectivity index (χ4v) is 2.48. The summed E-state index contributed by atoms with van der Waals surface area (Å²) in [5.41, 5.74) is 6.86. The SMILES string of the molecule is CC(C)Oc1nc(OC2CCC(C)(C)CC2)ccc1N. The van der Waals surface area contributed by atoms with E-state index >= 15 is 0 Å². The highest BCUT2D eigenvalue weighted by Gasteiger charge is 2.28. The van der Waals surface area contributed by atoms with Crippen LogP contribution in [0.15, 0.2) is 12.1 Å². The molecule has 2 rings (SSSR count). The topological polar surface area (TPSA) is 57.4 Å². The Morgan fingerprint density at radius 1 is 1.25 bits per heavy atom. The second-order valence-corrected chi connectivity index (χ2v) is 6.69. The first-order valence-corrected chi connectivity index (χ1v) is 7.45. The maximum atomic E-state index is 5.98. The summed E-state index contributed by atoms with van der Waals surface area (Å²) < 4.78 is 11.6. The summed E-state index contributed by atoms with van der Waals surface area (Å²) in [6.45, 7) is 8.55. The highest BCUT2D eigenvalue weighted by Crippen LogP contribution is 2.36. The maximum absolute atomic E-state index is 5.98. The van der Waals surface area contributed by atoms with Gasteiger partial charge < -0.3 is 15.2 Å². The first kappa shape index (κ1) is 14.9. The van der Waals surface area contributed by atoms with E-state index in [2.05, 4.69) is 18.8 Å². The molecule has 2 N–H and O–H groups in total. The molecule has 4 heteroatoms. The molecule has 0 amide bonds. The molecule has 1 fully saturated rings. The van der Waals surface area contributed by atoms with Crippen molar-refractivity contribution in [3.05, 3.63) is 12.1 Å². The molecule has 1 aromatic rings. The standard InChI is InChI=1S/C16H26N2O2/c1-11(2)19-15-13(17)5-6-14(18-15)20-12-7-9-16(3,4)10-8-12/h5-6,11-12H,7-10,17H2,1-4H3. The number of pyridine rings is 1. The lowest BCUT2D eigenvalue weighted by Gasteiger charge is -2.34. The van der Waals surface area contributed by atoms with Gasteiger partial charge in [0.1, 0.15) is 6.10 Å². The van der Waals surface area contributed by atoms with Gasteiger partial charge >= 0.3 is 0 Å². The molecule has 0 atom stereocenters. The Morgan fingerprint density at radius 3 is 2.50 bits per heavy atom. The van der Waals surface area contributed by atoms with Crippen LogP contribution in [0, 0.1) is 5.41 Å². The highest BCUT2D eigenvalue weighted by atomic mass is 16.5. The van der Waals surface area contributed by atoms with Crippen LogP contribution in [0.3, 0.4) is 0 Å². The summed E-state index contributed by atoms with van der Waals surface area (Å²) in [6.07, 6.45) is 4.87. The average molecular weight is 278 g/mol. The molecular formula is C16H26N2O2. The highest BCUT2D eigenvalue weighted by molar-refractivity contribution is 5.49. The lowest BCUT2D eigenvalue weighted by molar-refractivity contribution is 0.0938. The van der Waals surface area contributed by atoms with Gasteiger partial charge in [0.15, 0.2) is 0 Å². The van der Waals surface area contributed by atoms with Crippen LogP contribution in [-0.4, -0.2) is 17.2 Å². The van der Waals surface area contributed by atoms with Crippen molar-refractivity contribution in [2.45, 2.75) is 65.6 Å². The maximum Gasteiger partial charge on any atom is 0.240 e. The van der Waals surface area contributed by atoms with Crippen molar-refractivity contribution in [1.29, 1.82) is 0 Å². The van der Waals surface area contributed by atoms with E-state index in [1.807, 2.05) is 19.9 Å². The van der Waals surface area contributed by atoms with Gasteiger partial charge in [-0.25, -0.2) is 0 Å². The van der Waals surface area contributed by atoms with Crippen LogP contribution >= 0.6 is 0 Å². The number of rotatable bonds is 4. The van der Waals surface area contributed by atoms with Gasteiger partial charge in [-0.1, -0.05) is 13.8 Å². The van der Waals surface area contributed by atoms with Crippen LogP contribution in [-0.2, 0) is 0 Å². The van der Waals surface area contributed by atoms with Gasteiger partial charge in [0.05, 0.1) is 11.8 Å². The third-order valence-electron chi connectivity index (χ3n) is 3.79. The molecule has 1 saturated carbocycles. The van der Waals surface area contributed by atoms with Crippen LogP contribution in [0.1, 0.15) is 53.4 Å². The predicted octanol–water partition coefficient (Wildman–Crippen LogP) is 3.80. The van der Waals surface area contributed by atoms with Gasteiger partial charge in [-0.05, 0) is 51.0 Å². The van der Waals surface area contributed by atoms with E-state index in [1.165, 1.54) is 12.8 Å². The Hall–Kier alpha value is -1.45. The molecule has 1 aliphatic rings. The molecular weight excluding hydrogens is 252 g/mol. The Bertz CT molecular complexity index is 448. The summed E-state index contributed by atoms with van der Waals surface area (Å²) in [6, 6.07) is 3.62. The summed E-state index contributed by atoms with van der Waals surface area (Å²) in [5, 5.41) is 0. The molecule has 0 aromatic carbocycles. The fourth-order valence-electron chi connectivity index (χ4n) is 2.48. The molecule has 0 bridgehead atoms. The lowest BCUT2D eigenvalue weighted by atomic mass is 9.76. The molecule has 1 aliphatic carbocycles. The normalized spacial score (nSPS) is 19.1. The summed E-state index contributed by atoms with van der Waals surface area (Å²) in [5.74, 6) is 1.08. The third-order valence-corrected chi connectivity index (χ3v) is 3.79. The lowest BCUT2D eigenvalue weighted by Crippen LogP contribution is -2.28. The number of hydrogen-bond acceptors (Lipinski definition) is 4. The zero-order valence-electron chi connectivity index (χ0n) is 13.0. The van der Waals surface area contributed by atoms with Crippen molar-refractivity contribution in [1.82, 2.24) is 4.98 Å². The quantitative estimate of drug-likeness (QED) is 0.910. The molecule has 4 nitrogen and oxygen atoms in total. The van der Waals surface area contributed by atoms with Crippen molar-refractivity contribution in [2.24, 2.45) is 5.41 Å². The van der Waals surface area contributed by atoms with Crippen molar-refractivity contribution in [3.8, 4) is 11.8 Å². The number of anilines is 1. The van der Waals surface area contributed by atoms with E-state index in [4.69, 9.17) is 15.2 Å². The molecule has 0 radical (unpaired) electrons. The van der Waals surface area contributed by atoms with E-state index < -0.39 is 0 Å². The summed E-state index contributed by atoms with van der Waals surface area (Å²) >= 11 is 0. The van der Waals surface area contributed by atoms with Gasteiger partial charge in [-0.2, -0.15) is 4.98 Å². The zero-order valence-corrected chi connectivity index (χ0v) is 13.0. The van der Waals surface area contributed by atoms with Crippen molar-refractivity contribution >= 4 is 5.69 Å². The first-order chi connectivity index (χ1) is 9.35. The Labute approximate surface area is 121 Å². The Morgan fingerprint density at radius 2 is 1.90 bits per heavy atom. The largest absolute Gasteiger partial charge is 0.474 e. The van der Waals surface area contributed by atoms with Gasteiger partial charge in [0, 0.05) is 6.07 Å². The minimum atomic E-state index is 0.0514.